The van der Waals surface area contributed by atoms with Crippen molar-refractivity contribution in [1.82, 2.24) is 9.80 Å². The highest BCUT2D eigenvalue weighted by Crippen LogP contribution is 2.12. The molecule has 1 aliphatic rings. The van der Waals surface area contributed by atoms with Gasteiger partial charge in [-0.2, -0.15) is 0 Å². The summed E-state index contributed by atoms with van der Waals surface area (Å²) in [7, 11) is 0. The molecule has 3 nitrogen and oxygen atoms in total. The summed E-state index contributed by atoms with van der Waals surface area (Å²) in [4.78, 5) is 15.7. The van der Waals surface area contributed by atoms with Gasteiger partial charge in [0.1, 0.15) is 0 Å². The van der Waals surface area contributed by atoms with Crippen LogP contribution in [0, 0.1) is 5.92 Å². The molecule has 3 heteroatoms. The van der Waals surface area contributed by atoms with E-state index in [1.165, 1.54) is 11.1 Å². The van der Waals surface area contributed by atoms with Gasteiger partial charge in [0.25, 0.3) is 0 Å². The Hall–Kier alpha value is -1.35. The second-order valence-electron chi connectivity index (χ2n) is 6.20. The molecule has 1 aromatic carbocycles. The standard InChI is InChI=1S/C17H26N2O/c1-14(2)12-16-4-6-17(7-5-16)13-18-8-10-19(11-9-18)15(3)20/h4-7,14H,8-13H2,1-3H3. The van der Waals surface area contributed by atoms with Crippen molar-refractivity contribution >= 4 is 5.91 Å². The average molecular weight is 274 g/mol. The van der Waals surface area contributed by atoms with E-state index < -0.39 is 0 Å². The van der Waals surface area contributed by atoms with Crippen LogP contribution in [0.4, 0.5) is 0 Å². The molecule has 0 bridgehead atoms. The van der Waals surface area contributed by atoms with Crippen LogP contribution >= 0.6 is 0 Å². The van der Waals surface area contributed by atoms with E-state index in [1.807, 2.05) is 4.90 Å². The molecule has 0 saturated carbocycles. The number of hydrogen-bond acceptors (Lipinski definition) is 2. The van der Waals surface area contributed by atoms with Crippen LogP contribution in [0.3, 0.4) is 0 Å². The highest BCUT2D eigenvalue weighted by Gasteiger charge is 2.18. The minimum Gasteiger partial charge on any atom is -0.340 e. The third-order valence-corrected chi connectivity index (χ3v) is 3.89. The lowest BCUT2D eigenvalue weighted by molar-refractivity contribution is -0.130. The van der Waals surface area contributed by atoms with Gasteiger partial charge in [0.2, 0.25) is 5.91 Å². The molecule has 1 saturated heterocycles. The van der Waals surface area contributed by atoms with Crippen molar-refractivity contribution < 1.29 is 4.79 Å². The highest BCUT2D eigenvalue weighted by molar-refractivity contribution is 5.73. The Morgan fingerprint density at radius 3 is 2.10 bits per heavy atom. The lowest BCUT2D eigenvalue weighted by atomic mass is 10.0. The van der Waals surface area contributed by atoms with Crippen LogP contribution in [0.25, 0.3) is 0 Å². The summed E-state index contributed by atoms with van der Waals surface area (Å²) in [5.74, 6) is 0.906. The van der Waals surface area contributed by atoms with Gasteiger partial charge in [0, 0.05) is 39.6 Å². The summed E-state index contributed by atoms with van der Waals surface area (Å²) in [5.41, 5.74) is 2.79. The zero-order valence-electron chi connectivity index (χ0n) is 12.9. The van der Waals surface area contributed by atoms with Gasteiger partial charge in [-0.1, -0.05) is 38.1 Å². The van der Waals surface area contributed by atoms with E-state index >= 15 is 0 Å². The number of nitrogens with zero attached hydrogens (tertiary/aromatic N) is 2. The van der Waals surface area contributed by atoms with Crippen LogP contribution in [0.5, 0.6) is 0 Å². The number of piperazine rings is 1. The van der Waals surface area contributed by atoms with Gasteiger partial charge < -0.3 is 4.90 Å². The molecule has 1 aliphatic heterocycles. The molecule has 0 aromatic heterocycles. The van der Waals surface area contributed by atoms with Gasteiger partial charge in [-0.25, -0.2) is 0 Å². The Kier molecular flexibility index (Phi) is 5.18. The monoisotopic (exact) mass is 274 g/mol. The van der Waals surface area contributed by atoms with Gasteiger partial charge in [0.05, 0.1) is 0 Å². The average Bonchev–Trinajstić information content (AvgIpc) is 2.41. The van der Waals surface area contributed by atoms with Crippen LogP contribution in [-0.4, -0.2) is 41.9 Å². The van der Waals surface area contributed by atoms with Crippen LogP contribution in [-0.2, 0) is 17.8 Å². The molecular formula is C17H26N2O. The smallest absolute Gasteiger partial charge is 0.219 e. The molecule has 0 spiro atoms. The number of hydrogen-bond donors (Lipinski definition) is 0. The van der Waals surface area contributed by atoms with Crippen molar-refractivity contribution in [3.8, 4) is 0 Å². The van der Waals surface area contributed by atoms with Crippen LogP contribution in [0.2, 0.25) is 0 Å². The lowest BCUT2D eigenvalue weighted by Crippen LogP contribution is -2.47. The summed E-state index contributed by atoms with van der Waals surface area (Å²) < 4.78 is 0. The van der Waals surface area contributed by atoms with Crippen LogP contribution < -0.4 is 0 Å². The maximum absolute atomic E-state index is 11.3. The predicted octanol–water partition coefficient (Wildman–Crippen LogP) is 2.55. The Balaban J connectivity index is 1.83. The number of carbonyl (C=O) groups excluding carboxylic acids is 1. The topological polar surface area (TPSA) is 23.6 Å². The molecule has 1 amide bonds. The zero-order chi connectivity index (χ0) is 14.5. The van der Waals surface area contributed by atoms with E-state index in [0.717, 1.165) is 39.1 Å². The molecule has 2 rings (SSSR count). The van der Waals surface area contributed by atoms with E-state index in [0.29, 0.717) is 5.92 Å². The second-order valence-corrected chi connectivity index (χ2v) is 6.20. The molecule has 0 radical (unpaired) electrons. The summed E-state index contributed by atoms with van der Waals surface area (Å²) in [6, 6.07) is 8.99. The SMILES string of the molecule is CC(=O)N1CCN(Cc2ccc(CC(C)C)cc2)CC1. The van der Waals surface area contributed by atoms with E-state index in [9.17, 15) is 4.79 Å². The Labute approximate surface area is 122 Å². The second kappa shape index (κ2) is 6.89. The minimum absolute atomic E-state index is 0.197. The number of amides is 1. The first-order valence-electron chi connectivity index (χ1n) is 7.60. The van der Waals surface area contributed by atoms with Crippen molar-refractivity contribution in [2.75, 3.05) is 26.2 Å². The van der Waals surface area contributed by atoms with Crippen molar-refractivity contribution in [2.45, 2.75) is 33.7 Å². The number of carbonyl (C=O) groups is 1. The van der Waals surface area contributed by atoms with Gasteiger partial charge in [-0.05, 0) is 23.5 Å². The van der Waals surface area contributed by atoms with E-state index in [1.54, 1.807) is 6.92 Å². The number of benzene rings is 1. The molecule has 1 fully saturated rings. The molecule has 1 heterocycles. The summed E-state index contributed by atoms with van der Waals surface area (Å²) in [6.07, 6.45) is 1.15. The highest BCUT2D eigenvalue weighted by atomic mass is 16.2. The van der Waals surface area contributed by atoms with Crippen LogP contribution in [0.1, 0.15) is 31.9 Å². The zero-order valence-corrected chi connectivity index (χ0v) is 12.9. The fourth-order valence-corrected chi connectivity index (χ4v) is 2.73. The van der Waals surface area contributed by atoms with Crippen molar-refractivity contribution in [3.05, 3.63) is 35.4 Å². The molecule has 0 aliphatic carbocycles. The Bertz CT molecular complexity index is 431. The van der Waals surface area contributed by atoms with Crippen molar-refractivity contribution in [2.24, 2.45) is 5.92 Å². The third-order valence-electron chi connectivity index (χ3n) is 3.89. The quantitative estimate of drug-likeness (QED) is 0.842. The third kappa shape index (κ3) is 4.34. The van der Waals surface area contributed by atoms with Crippen molar-refractivity contribution in [1.29, 1.82) is 0 Å². The van der Waals surface area contributed by atoms with E-state index in [4.69, 9.17) is 0 Å². The Morgan fingerprint density at radius 2 is 1.60 bits per heavy atom. The molecule has 1 aromatic rings. The lowest BCUT2D eigenvalue weighted by Gasteiger charge is -2.34. The summed E-state index contributed by atoms with van der Waals surface area (Å²) >= 11 is 0. The fourth-order valence-electron chi connectivity index (χ4n) is 2.73. The predicted molar refractivity (Wildman–Crippen MR) is 82.5 cm³/mol. The first kappa shape index (κ1) is 15.0. The van der Waals surface area contributed by atoms with Crippen molar-refractivity contribution in [3.63, 3.8) is 0 Å². The molecule has 0 N–H and O–H groups in total. The first-order valence-corrected chi connectivity index (χ1v) is 7.60. The Morgan fingerprint density at radius 1 is 1.05 bits per heavy atom. The maximum Gasteiger partial charge on any atom is 0.219 e. The van der Waals surface area contributed by atoms with Gasteiger partial charge >= 0.3 is 0 Å². The van der Waals surface area contributed by atoms with Gasteiger partial charge in [-0.3, -0.25) is 9.69 Å². The van der Waals surface area contributed by atoms with Crippen LogP contribution in [0.15, 0.2) is 24.3 Å². The molecule has 0 unspecified atom stereocenters. The van der Waals surface area contributed by atoms with E-state index in [-0.39, 0.29) is 5.91 Å². The fraction of sp³-hybridized carbons (Fsp3) is 0.588. The van der Waals surface area contributed by atoms with Gasteiger partial charge in [0.15, 0.2) is 0 Å². The normalized spacial score (nSPS) is 16.7. The van der Waals surface area contributed by atoms with Gasteiger partial charge in [-0.15, -0.1) is 0 Å². The van der Waals surface area contributed by atoms with E-state index in [2.05, 4.69) is 43.0 Å². The molecule has 110 valence electrons. The largest absolute Gasteiger partial charge is 0.340 e. The molecule has 0 atom stereocenters. The first-order chi connectivity index (χ1) is 9.54. The minimum atomic E-state index is 0.197. The summed E-state index contributed by atoms with van der Waals surface area (Å²) in [6.45, 7) is 10.8. The summed E-state index contributed by atoms with van der Waals surface area (Å²) in [5, 5.41) is 0. The molecule has 20 heavy (non-hydrogen) atoms. The maximum atomic E-state index is 11.3. The number of rotatable bonds is 4. The molecular weight excluding hydrogens is 248 g/mol.